The molecule has 2 aromatic carbocycles. The number of nitro benzene ring substituents is 1. The summed E-state index contributed by atoms with van der Waals surface area (Å²) < 4.78 is 53.7. The number of alkyl halides is 3. The van der Waals surface area contributed by atoms with Gasteiger partial charge in [-0.1, -0.05) is 0 Å². The molecule has 0 radical (unpaired) electrons. The molecule has 29 heavy (non-hydrogen) atoms. The van der Waals surface area contributed by atoms with Crippen molar-refractivity contribution in [1.29, 1.82) is 0 Å². The van der Waals surface area contributed by atoms with Gasteiger partial charge in [0, 0.05) is 11.6 Å². The molecule has 0 aromatic heterocycles. The number of carbonyl (C=O) groups excluding carboxylic acids is 1. The van der Waals surface area contributed by atoms with Crippen molar-refractivity contribution in [3.05, 3.63) is 51.6 Å². The van der Waals surface area contributed by atoms with Crippen LogP contribution in [0.1, 0.15) is 15.9 Å². The Morgan fingerprint density at radius 1 is 1.03 bits per heavy atom. The Morgan fingerprint density at radius 3 is 2.07 bits per heavy atom. The van der Waals surface area contributed by atoms with E-state index in [2.05, 4.69) is 10.9 Å². The van der Waals surface area contributed by atoms with Gasteiger partial charge in [0.25, 0.3) is 11.6 Å². The van der Waals surface area contributed by atoms with E-state index >= 15 is 0 Å². The molecule has 0 spiro atoms. The Morgan fingerprint density at radius 2 is 1.62 bits per heavy atom. The van der Waals surface area contributed by atoms with Crippen molar-refractivity contribution in [1.82, 2.24) is 5.43 Å². The third kappa shape index (κ3) is 4.78. The van der Waals surface area contributed by atoms with Gasteiger partial charge >= 0.3 is 6.18 Å². The smallest absolute Gasteiger partial charge is 0.416 e. The lowest BCUT2D eigenvalue weighted by atomic mass is 10.1. The van der Waals surface area contributed by atoms with Crippen LogP contribution in [0.5, 0.6) is 17.2 Å². The maximum Gasteiger partial charge on any atom is 0.416 e. The van der Waals surface area contributed by atoms with E-state index in [0.717, 1.165) is 6.07 Å². The first-order valence-corrected chi connectivity index (χ1v) is 7.84. The Labute approximate surface area is 162 Å². The zero-order valence-electron chi connectivity index (χ0n) is 15.4. The minimum absolute atomic E-state index is 0.0431. The van der Waals surface area contributed by atoms with Crippen LogP contribution < -0.4 is 25.1 Å². The van der Waals surface area contributed by atoms with Crippen LogP contribution in [0.25, 0.3) is 0 Å². The van der Waals surface area contributed by atoms with Gasteiger partial charge in [-0.3, -0.25) is 25.8 Å². The maximum absolute atomic E-state index is 12.8. The topological polar surface area (TPSA) is 112 Å². The second-order valence-electron chi connectivity index (χ2n) is 5.48. The number of nitrogens with one attached hydrogen (secondary N) is 2. The highest BCUT2D eigenvalue weighted by Gasteiger charge is 2.33. The summed E-state index contributed by atoms with van der Waals surface area (Å²) in [5.41, 5.74) is 2.10. The predicted octanol–water partition coefficient (Wildman–Crippen LogP) is 3.40. The standard InChI is InChI=1S/C17H16F3N3O6/c1-27-13-6-9(7-14(28-2)15(13)29-3)16(24)22-21-11-5-4-10(17(18,19)20)8-12(11)23(25)26/h4-8,21H,1-3H3,(H,22,24). The Kier molecular flexibility index (Phi) is 6.36. The van der Waals surface area contributed by atoms with Crippen LogP contribution in [0.2, 0.25) is 0 Å². The molecule has 0 aliphatic carbocycles. The summed E-state index contributed by atoms with van der Waals surface area (Å²) in [4.78, 5) is 22.5. The number of methoxy groups -OCH3 is 3. The largest absolute Gasteiger partial charge is 0.493 e. The van der Waals surface area contributed by atoms with E-state index in [0.29, 0.717) is 12.1 Å². The van der Waals surface area contributed by atoms with Crippen molar-refractivity contribution < 1.29 is 37.1 Å². The monoisotopic (exact) mass is 415 g/mol. The van der Waals surface area contributed by atoms with Crippen molar-refractivity contribution in [2.75, 3.05) is 26.8 Å². The summed E-state index contributed by atoms with van der Waals surface area (Å²) in [6.07, 6.45) is -4.75. The molecule has 2 N–H and O–H groups in total. The van der Waals surface area contributed by atoms with E-state index in [-0.39, 0.29) is 28.5 Å². The summed E-state index contributed by atoms with van der Waals surface area (Å²) in [6, 6.07) is 4.53. The summed E-state index contributed by atoms with van der Waals surface area (Å²) in [5, 5.41) is 11.1. The van der Waals surface area contributed by atoms with Gasteiger partial charge in [-0.25, -0.2) is 0 Å². The molecule has 2 aromatic rings. The van der Waals surface area contributed by atoms with E-state index in [4.69, 9.17) is 14.2 Å². The lowest BCUT2D eigenvalue weighted by molar-refractivity contribution is -0.384. The molecule has 12 heteroatoms. The van der Waals surface area contributed by atoms with E-state index in [1.807, 2.05) is 0 Å². The zero-order chi connectivity index (χ0) is 21.8. The minimum atomic E-state index is -4.75. The number of nitrogens with zero attached hydrogens (tertiary/aromatic N) is 1. The number of carbonyl (C=O) groups is 1. The SMILES string of the molecule is COc1cc(C(=O)NNc2ccc(C(F)(F)F)cc2[N+](=O)[O-])cc(OC)c1OC. The van der Waals surface area contributed by atoms with Crippen LogP contribution in [-0.2, 0) is 6.18 Å². The lowest BCUT2D eigenvalue weighted by Gasteiger charge is -2.15. The summed E-state index contributed by atoms with van der Waals surface area (Å²) in [6.45, 7) is 0. The van der Waals surface area contributed by atoms with Crippen LogP contribution in [0.4, 0.5) is 24.5 Å². The van der Waals surface area contributed by atoms with Crippen molar-refractivity contribution in [3.8, 4) is 17.2 Å². The number of hydrazine groups is 1. The average molecular weight is 415 g/mol. The molecule has 0 saturated carbocycles. The van der Waals surface area contributed by atoms with Gasteiger partial charge < -0.3 is 14.2 Å². The highest BCUT2D eigenvalue weighted by atomic mass is 19.4. The average Bonchev–Trinajstić information content (AvgIpc) is 2.69. The number of ether oxygens (including phenoxy) is 3. The number of benzene rings is 2. The van der Waals surface area contributed by atoms with Gasteiger partial charge in [-0.2, -0.15) is 13.2 Å². The van der Waals surface area contributed by atoms with Crippen LogP contribution in [0.3, 0.4) is 0 Å². The molecule has 0 heterocycles. The molecular weight excluding hydrogens is 399 g/mol. The van der Waals surface area contributed by atoms with Crippen molar-refractivity contribution >= 4 is 17.3 Å². The molecule has 9 nitrogen and oxygen atoms in total. The number of amides is 1. The quantitative estimate of drug-likeness (QED) is 0.527. The van der Waals surface area contributed by atoms with Crippen LogP contribution in [0, 0.1) is 10.1 Å². The number of hydrogen-bond acceptors (Lipinski definition) is 7. The van der Waals surface area contributed by atoms with Crippen molar-refractivity contribution in [3.63, 3.8) is 0 Å². The lowest BCUT2D eigenvalue weighted by Crippen LogP contribution is -2.29. The van der Waals surface area contributed by atoms with Gasteiger partial charge in [0.2, 0.25) is 5.75 Å². The molecule has 0 atom stereocenters. The third-order valence-electron chi connectivity index (χ3n) is 3.76. The molecule has 0 saturated heterocycles. The van der Waals surface area contributed by atoms with Gasteiger partial charge in [0.1, 0.15) is 5.69 Å². The van der Waals surface area contributed by atoms with Crippen LogP contribution in [0.15, 0.2) is 30.3 Å². The third-order valence-corrected chi connectivity index (χ3v) is 3.76. The van der Waals surface area contributed by atoms with Crippen LogP contribution in [-0.4, -0.2) is 32.2 Å². The second kappa shape index (κ2) is 8.54. The summed E-state index contributed by atoms with van der Waals surface area (Å²) in [5.74, 6) is -0.119. The van der Waals surface area contributed by atoms with Gasteiger partial charge in [0.15, 0.2) is 11.5 Å². The Hall–Kier alpha value is -3.70. The molecule has 2 rings (SSSR count). The highest BCUT2D eigenvalue weighted by molar-refractivity contribution is 5.96. The first-order chi connectivity index (χ1) is 13.6. The Bertz CT molecular complexity index is 908. The molecule has 0 fully saturated rings. The van der Waals surface area contributed by atoms with Gasteiger partial charge in [0.05, 0.1) is 31.8 Å². The normalized spacial score (nSPS) is 10.8. The van der Waals surface area contributed by atoms with E-state index in [1.54, 1.807) is 0 Å². The fourth-order valence-corrected chi connectivity index (χ4v) is 2.37. The molecule has 0 aliphatic heterocycles. The van der Waals surface area contributed by atoms with Crippen LogP contribution >= 0.6 is 0 Å². The highest BCUT2D eigenvalue weighted by Crippen LogP contribution is 2.38. The van der Waals surface area contributed by atoms with E-state index < -0.39 is 28.3 Å². The van der Waals surface area contributed by atoms with E-state index in [1.165, 1.54) is 33.5 Å². The number of hydrogen-bond donors (Lipinski definition) is 2. The molecule has 0 unspecified atom stereocenters. The molecule has 0 bridgehead atoms. The molecule has 0 aliphatic rings. The molecular formula is C17H16F3N3O6. The fourth-order valence-electron chi connectivity index (χ4n) is 2.37. The van der Waals surface area contributed by atoms with Crippen molar-refractivity contribution in [2.24, 2.45) is 0 Å². The predicted molar refractivity (Wildman–Crippen MR) is 95.3 cm³/mol. The van der Waals surface area contributed by atoms with Gasteiger partial charge in [-0.05, 0) is 24.3 Å². The van der Waals surface area contributed by atoms with Crippen molar-refractivity contribution in [2.45, 2.75) is 6.18 Å². The van der Waals surface area contributed by atoms with E-state index in [9.17, 15) is 28.1 Å². The number of halogens is 3. The van der Waals surface area contributed by atoms with Gasteiger partial charge in [-0.15, -0.1) is 0 Å². The second-order valence-corrected chi connectivity index (χ2v) is 5.48. The summed E-state index contributed by atoms with van der Waals surface area (Å²) >= 11 is 0. The first kappa shape index (κ1) is 21.6. The number of rotatable bonds is 7. The zero-order valence-corrected chi connectivity index (χ0v) is 15.4. The summed E-state index contributed by atoms with van der Waals surface area (Å²) in [7, 11) is 4.08. The maximum atomic E-state index is 12.8. The number of anilines is 1. The number of nitro groups is 1. The fraction of sp³-hybridized carbons (Fsp3) is 0.235. The molecule has 1 amide bonds. The first-order valence-electron chi connectivity index (χ1n) is 7.84. The Balaban J connectivity index is 2.28. The minimum Gasteiger partial charge on any atom is -0.493 e. The molecule has 156 valence electrons.